The third-order valence-corrected chi connectivity index (χ3v) is 5.02. The lowest BCUT2D eigenvalue weighted by molar-refractivity contribution is 0.209. The Morgan fingerprint density at radius 1 is 0.941 bits per heavy atom. The van der Waals surface area contributed by atoms with Crippen LogP contribution in [0.3, 0.4) is 0 Å². The molecule has 1 aliphatic heterocycles. The van der Waals surface area contributed by atoms with E-state index in [0.29, 0.717) is 0 Å². The van der Waals surface area contributed by atoms with E-state index in [1.165, 1.54) is 77.2 Å². The van der Waals surface area contributed by atoms with E-state index in [4.69, 9.17) is 0 Å². The predicted octanol–water partition coefficient (Wildman–Crippen LogP) is 4.52. The van der Waals surface area contributed by atoms with Gasteiger partial charge in [0.2, 0.25) is 0 Å². The highest BCUT2D eigenvalue weighted by Gasteiger charge is 2.27. The molecule has 1 aliphatic carbocycles. The van der Waals surface area contributed by atoms with Crippen LogP contribution in [0.25, 0.3) is 0 Å². The summed E-state index contributed by atoms with van der Waals surface area (Å²) in [5.74, 6) is 2.07. The first-order chi connectivity index (χ1) is 8.40. The van der Waals surface area contributed by atoms with Crippen LogP contribution in [0.2, 0.25) is 0 Å². The Hall–Kier alpha value is -0.0400. The van der Waals surface area contributed by atoms with Crippen LogP contribution in [-0.2, 0) is 0 Å². The second-order valence-corrected chi connectivity index (χ2v) is 6.33. The highest BCUT2D eigenvalue weighted by molar-refractivity contribution is 4.83. The maximum absolute atomic E-state index is 3.81. The van der Waals surface area contributed by atoms with Gasteiger partial charge in [0.25, 0.3) is 0 Å². The average Bonchev–Trinajstić information content (AvgIpc) is 2.66. The number of unbranched alkanes of at least 4 members (excludes halogenated alkanes) is 1. The van der Waals surface area contributed by atoms with Gasteiger partial charge in [0.15, 0.2) is 0 Å². The Bertz CT molecular complexity index is 186. The number of hydrogen-bond donors (Lipinski definition) is 1. The Kier molecular flexibility index (Phi) is 5.84. The van der Waals surface area contributed by atoms with E-state index in [1.54, 1.807) is 0 Å². The van der Waals surface area contributed by atoms with Crippen molar-refractivity contribution in [2.24, 2.45) is 11.8 Å². The van der Waals surface area contributed by atoms with Crippen LogP contribution >= 0.6 is 0 Å². The molecule has 17 heavy (non-hydrogen) atoms. The molecular formula is C16H31N. The standard InChI is InChI=1S/C16H31N/c1-2-3-7-14-9-11-15(12-10-14)16-8-5-4-6-13-17-16/h14-17H,2-13H2,1H3. The molecule has 0 amide bonds. The molecule has 0 bridgehead atoms. The maximum Gasteiger partial charge on any atom is 0.00953 e. The van der Waals surface area contributed by atoms with Gasteiger partial charge < -0.3 is 5.32 Å². The number of hydrogen-bond acceptors (Lipinski definition) is 1. The second-order valence-electron chi connectivity index (χ2n) is 6.33. The first-order valence-corrected chi connectivity index (χ1v) is 8.13. The lowest BCUT2D eigenvalue weighted by Gasteiger charge is -2.34. The maximum atomic E-state index is 3.81. The SMILES string of the molecule is CCCCC1CCC(C2CCCCCN2)CC1. The Morgan fingerprint density at radius 3 is 2.53 bits per heavy atom. The summed E-state index contributed by atoms with van der Waals surface area (Å²) in [6.07, 6.45) is 16.2. The van der Waals surface area contributed by atoms with E-state index in [1.807, 2.05) is 0 Å². The summed E-state index contributed by atoms with van der Waals surface area (Å²) in [4.78, 5) is 0. The van der Waals surface area contributed by atoms with Gasteiger partial charge in [0.05, 0.1) is 0 Å². The molecule has 0 radical (unpaired) electrons. The van der Waals surface area contributed by atoms with Crippen LogP contribution in [0, 0.1) is 11.8 Å². The summed E-state index contributed by atoms with van der Waals surface area (Å²) in [7, 11) is 0. The summed E-state index contributed by atoms with van der Waals surface area (Å²) in [5, 5.41) is 3.81. The van der Waals surface area contributed by atoms with Crippen molar-refractivity contribution in [2.45, 2.75) is 83.6 Å². The van der Waals surface area contributed by atoms with Crippen LogP contribution in [-0.4, -0.2) is 12.6 Å². The summed E-state index contributed by atoms with van der Waals surface area (Å²) < 4.78 is 0. The van der Waals surface area contributed by atoms with Gasteiger partial charge in [-0.15, -0.1) is 0 Å². The summed E-state index contributed by atoms with van der Waals surface area (Å²) in [6.45, 7) is 3.60. The summed E-state index contributed by atoms with van der Waals surface area (Å²) in [6, 6.07) is 0.865. The van der Waals surface area contributed by atoms with E-state index in [9.17, 15) is 0 Å². The fourth-order valence-corrected chi connectivity index (χ4v) is 3.83. The summed E-state index contributed by atoms with van der Waals surface area (Å²) >= 11 is 0. The molecule has 1 nitrogen and oxygen atoms in total. The summed E-state index contributed by atoms with van der Waals surface area (Å²) in [5.41, 5.74) is 0. The smallest absolute Gasteiger partial charge is 0.00953 e. The van der Waals surface area contributed by atoms with Crippen molar-refractivity contribution in [3.8, 4) is 0 Å². The van der Waals surface area contributed by atoms with Crippen LogP contribution in [0.1, 0.15) is 77.6 Å². The van der Waals surface area contributed by atoms with Gasteiger partial charge in [-0.3, -0.25) is 0 Å². The molecule has 0 aromatic heterocycles. The van der Waals surface area contributed by atoms with Crippen molar-refractivity contribution in [1.29, 1.82) is 0 Å². The molecule has 1 N–H and O–H groups in total. The van der Waals surface area contributed by atoms with E-state index in [2.05, 4.69) is 12.2 Å². The third kappa shape index (κ3) is 4.28. The van der Waals surface area contributed by atoms with Crippen LogP contribution in [0.15, 0.2) is 0 Å². The van der Waals surface area contributed by atoms with Gasteiger partial charge in [-0.1, -0.05) is 51.9 Å². The minimum atomic E-state index is 0.865. The van der Waals surface area contributed by atoms with Crippen molar-refractivity contribution in [3.05, 3.63) is 0 Å². The molecule has 0 aromatic rings. The first-order valence-electron chi connectivity index (χ1n) is 8.13. The normalized spacial score (nSPS) is 35.5. The molecule has 1 atom stereocenters. The molecule has 0 aromatic carbocycles. The van der Waals surface area contributed by atoms with Crippen molar-refractivity contribution in [2.75, 3.05) is 6.54 Å². The van der Waals surface area contributed by atoms with E-state index in [-0.39, 0.29) is 0 Å². The van der Waals surface area contributed by atoms with Crippen molar-refractivity contribution < 1.29 is 0 Å². The van der Waals surface area contributed by atoms with E-state index in [0.717, 1.165) is 17.9 Å². The molecule has 1 heterocycles. The van der Waals surface area contributed by atoms with Crippen LogP contribution in [0.5, 0.6) is 0 Å². The predicted molar refractivity (Wildman–Crippen MR) is 75.2 cm³/mol. The van der Waals surface area contributed by atoms with Gasteiger partial charge in [0.1, 0.15) is 0 Å². The Morgan fingerprint density at radius 2 is 1.76 bits per heavy atom. The molecule has 2 fully saturated rings. The zero-order chi connectivity index (χ0) is 11.9. The topological polar surface area (TPSA) is 12.0 Å². The van der Waals surface area contributed by atoms with Crippen molar-refractivity contribution >= 4 is 0 Å². The van der Waals surface area contributed by atoms with Gasteiger partial charge in [-0.2, -0.15) is 0 Å². The fourth-order valence-electron chi connectivity index (χ4n) is 3.83. The quantitative estimate of drug-likeness (QED) is 0.758. The fraction of sp³-hybridized carbons (Fsp3) is 1.00. The van der Waals surface area contributed by atoms with Gasteiger partial charge in [-0.05, 0) is 44.1 Å². The Labute approximate surface area is 108 Å². The molecule has 2 rings (SSSR count). The lowest BCUT2D eigenvalue weighted by atomic mass is 9.76. The zero-order valence-electron chi connectivity index (χ0n) is 11.7. The third-order valence-electron chi connectivity index (χ3n) is 5.02. The minimum Gasteiger partial charge on any atom is -0.314 e. The number of nitrogens with one attached hydrogen (secondary N) is 1. The molecule has 1 heteroatoms. The molecule has 100 valence electrons. The molecule has 1 saturated carbocycles. The molecule has 1 saturated heterocycles. The van der Waals surface area contributed by atoms with E-state index >= 15 is 0 Å². The molecule has 0 spiro atoms. The highest BCUT2D eigenvalue weighted by atomic mass is 14.9. The second kappa shape index (κ2) is 7.41. The number of rotatable bonds is 4. The average molecular weight is 237 g/mol. The Balaban J connectivity index is 1.70. The van der Waals surface area contributed by atoms with Gasteiger partial charge in [0, 0.05) is 6.04 Å². The van der Waals surface area contributed by atoms with Crippen LogP contribution < -0.4 is 5.32 Å². The lowest BCUT2D eigenvalue weighted by Crippen LogP contribution is -2.37. The molecule has 1 unspecified atom stereocenters. The minimum absolute atomic E-state index is 0.865. The van der Waals surface area contributed by atoms with Crippen molar-refractivity contribution in [1.82, 2.24) is 5.32 Å². The highest BCUT2D eigenvalue weighted by Crippen LogP contribution is 2.35. The monoisotopic (exact) mass is 237 g/mol. The van der Waals surface area contributed by atoms with Crippen molar-refractivity contribution in [3.63, 3.8) is 0 Å². The van der Waals surface area contributed by atoms with E-state index < -0.39 is 0 Å². The van der Waals surface area contributed by atoms with Gasteiger partial charge >= 0.3 is 0 Å². The van der Waals surface area contributed by atoms with Crippen LogP contribution in [0.4, 0.5) is 0 Å². The largest absolute Gasteiger partial charge is 0.314 e. The van der Waals surface area contributed by atoms with Gasteiger partial charge in [-0.25, -0.2) is 0 Å². The first kappa shape index (κ1) is 13.4. The molecule has 2 aliphatic rings. The molecular weight excluding hydrogens is 206 g/mol. The zero-order valence-corrected chi connectivity index (χ0v) is 11.7.